The summed E-state index contributed by atoms with van der Waals surface area (Å²) in [5.41, 5.74) is 1.09. The molecule has 0 amide bonds. The minimum absolute atomic E-state index is 0.435. The van der Waals surface area contributed by atoms with Crippen LogP contribution in [0.4, 0.5) is 0 Å². The normalized spacial score (nSPS) is 28.8. The van der Waals surface area contributed by atoms with Crippen molar-refractivity contribution in [1.82, 2.24) is 4.31 Å². The number of hydrogen-bond acceptors (Lipinski definition) is 2. The van der Waals surface area contributed by atoms with Gasteiger partial charge in [-0.2, -0.15) is 4.31 Å². The standard InChI is InChI=1S/C13H17NO2S/c1-10-2-4-13(5-3-10)17(15,16)14-8-11-6-12(7-11)9-14/h2-5,11-12H,6-9H2,1H3. The lowest BCUT2D eigenvalue weighted by molar-refractivity contribution is 0.0771. The molecule has 17 heavy (non-hydrogen) atoms. The van der Waals surface area contributed by atoms with Crippen molar-refractivity contribution in [2.45, 2.75) is 24.7 Å². The number of rotatable bonds is 2. The van der Waals surface area contributed by atoms with E-state index >= 15 is 0 Å². The molecule has 2 aliphatic heterocycles. The van der Waals surface area contributed by atoms with E-state index in [2.05, 4.69) is 0 Å². The molecule has 4 heteroatoms. The number of hydrogen-bond donors (Lipinski definition) is 0. The van der Waals surface area contributed by atoms with Crippen LogP contribution in [-0.4, -0.2) is 25.8 Å². The molecule has 0 aromatic heterocycles. The fourth-order valence-electron chi connectivity index (χ4n) is 2.88. The van der Waals surface area contributed by atoms with Gasteiger partial charge in [0, 0.05) is 13.1 Å². The molecule has 1 aliphatic carbocycles. The largest absolute Gasteiger partial charge is 0.243 e. The lowest BCUT2D eigenvalue weighted by atomic mass is 9.72. The van der Waals surface area contributed by atoms with Gasteiger partial charge in [-0.1, -0.05) is 17.7 Å². The van der Waals surface area contributed by atoms with Crippen molar-refractivity contribution in [3.63, 3.8) is 0 Å². The molecule has 2 heterocycles. The predicted molar refractivity (Wildman–Crippen MR) is 66.2 cm³/mol. The summed E-state index contributed by atoms with van der Waals surface area (Å²) in [4.78, 5) is 0.435. The Morgan fingerprint density at radius 1 is 1.06 bits per heavy atom. The maximum Gasteiger partial charge on any atom is 0.243 e. The molecule has 1 aromatic rings. The molecule has 0 spiro atoms. The van der Waals surface area contributed by atoms with Gasteiger partial charge in [-0.3, -0.25) is 0 Å². The van der Waals surface area contributed by atoms with Crippen LogP contribution in [0.2, 0.25) is 0 Å². The highest BCUT2D eigenvalue weighted by Crippen LogP contribution is 2.41. The zero-order valence-corrected chi connectivity index (χ0v) is 10.8. The first-order valence-corrected chi connectivity index (χ1v) is 7.56. The fourth-order valence-corrected chi connectivity index (χ4v) is 4.47. The molecular formula is C13H17NO2S. The lowest BCUT2D eigenvalue weighted by Crippen LogP contribution is -2.50. The molecule has 2 bridgehead atoms. The topological polar surface area (TPSA) is 37.4 Å². The van der Waals surface area contributed by atoms with Crippen LogP contribution < -0.4 is 0 Å². The van der Waals surface area contributed by atoms with Gasteiger partial charge in [-0.05, 0) is 43.7 Å². The van der Waals surface area contributed by atoms with Crippen LogP contribution in [0.3, 0.4) is 0 Å². The second-order valence-electron chi connectivity index (χ2n) is 5.34. The first kappa shape index (κ1) is 11.2. The number of nitrogens with zero attached hydrogens (tertiary/aromatic N) is 1. The van der Waals surface area contributed by atoms with Gasteiger partial charge in [0.1, 0.15) is 0 Å². The van der Waals surface area contributed by atoms with Crippen LogP contribution in [0.25, 0.3) is 0 Å². The Balaban J connectivity index is 1.88. The summed E-state index contributed by atoms with van der Waals surface area (Å²) in [6, 6.07) is 7.14. The number of aryl methyl sites for hydroxylation is 1. The first-order chi connectivity index (χ1) is 8.05. The summed E-state index contributed by atoms with van der Waals surface area (Å²) < 4.78 is 26.4. The second-order valence-corrected chi connectivity index (χ2v) is 7.28. The molecule has 1 saturated carbocycles. The summed E-state index contributed by atoms with van der Waals surface area (Å²) in [7, 11) is -3.25. The Kier molecular flexibility index (Phi) is 2.52. The van der Waals surface area contributed by atoms with E-state index in [4.69, 9.17) is 0 Å². The van der Waals surface area contributed by atoms with E-state index < -0.39 is 10.0 Å². The van der Waals surface area contributed by atoms with Crippen LogP contribution in [0.1, 0.15) is 18.4 Å². The van der Waals surface area contributed by atoms with Gasteiger partial charge in [0.15, 0.2) is 0 Å². The van der Waals surface area contributed by atoms with Crippen molar-refractivity contribution in [1.29, 1.82) is 0 Å². The van der Waals surface area contributed by atoms with Gasteiger partial charge in [0.25, 0.3) is 0 Å². The highest BCUT2D eigenvalue weighted by atomic mass is 32.2. The van der Waals surface area contributed by atoms with Gasteiger partial charge in [0.2, 0.25) is 10.0 Å². The Morgan fingerprint density at radius 3 is 2.12 bits per heavy atom. The average Bonchev–Trinajstić information content (AvgIpc) is 2.29. The van der Waals surface area contributed by atoms with Crippen molar-refractivity contribution >= 4 is 10.0 Å². The molecule has 3 fully saturated rings. The molecule has 2 saturated heterocycles. The molecular weight excluding hydrogens is 234 g/mol. The molecule has 4 rings (SSSR count). The molecule has 3 nitrogen and oxygen atoms in total. The van der Waals surface area contributed by atoms with Gasteiger partial charge < -0.3 is 0 Å². The van der Waals surface area contributed by atoms with E-state index in [1.807, 2.05) is 19.1 Å². The minimum atomic E-state index is -3.25. The highest BCUT2D eigenvalue weighted by Gasteiger charge is 2.41. The van der Waals surface area contributed by atoms with Gasteiger partial charge >= 0.3 is 0 Å². The van der Waals surface area contributed by atoms with Crippen molar-refractivity contribution < 1.29 is 8.42 Å². The minimum Gasteiger partial charge on any atom is -0.207 e. The van der Waals surface area contributed by atoms with Crippen LogP contribution in [0.15, 0.2) is 29.2 Å². The number of benzene rings is 1. The summed E-state index contributed by atoms with van der Waals surface area (Å²) in [6.07, 6.45) is 2.44. The Hall–Kier alpha value is -0.870. The molecule has 0 N–H and O–H groups in total. The Labute approximate surface area is 102 Å². The SMILES string of the molecule is Cc1ccc(S(=O)(=O)N2CC3CC(C3)C2)cc1. The van der Waals surface area contributed by atoms with E-state index in [0.717, 1.165) is 5.56 Å². The van der Waals surface area contributed by atoms with Crippen molar-refractivity contribution in [2.75, 3.05) is 13.1 Å². The summed E-state index contributed by atoms with van der Waals surface area (Å²) in [5.74, 6) is 1.21. The Morgan fingerprint density at radius 2 is 1.59 bits per heavy atom. The van der Waals surface area contributed by atoms with Crippen molar-refractivity contribution in [3.8, 4) is 0 Å². The highest BCUT2D eigenvalue weighted by molar-refractivity contribution is 7.89. The maximum atomic E-state index is 12.4. The van der Waals surface area contributed by atoms with E-state index in [-0.39, 0.29) is 0 Å². The fraction of sp³-hybridized carbons (Fsp3) is 0.538. The number of fused-ring (bicyclic) bond motifs is 2. The van der Waals surface area contributed by atoms with E-state index in [1.165, 1.54) is 12.8 Å². The zero-order chi connectivity index (χ0) is 12.0. The number of sulfonamides is 1. The smallest absolute Gasteiger partial charge is 0.207 e. The summed E-state index contributed by atoms with van der Waals surface area (Å²) in [5, 5.41) is 0. The van der Waals surface area contributed by atoms with Crippen LogP contribution in [0, 0.1) is 18.8 Å². The van der Waals surface area contributed by atoms with E-state index in [0.29, 0.717) is 29.8 Å². The molecule has 0 atom stereocenters. The van der Waals surface area contributed by atoms with Crippen LogP contribution >= 0.6 is 0 Å². The van der Waals surface area contributed by atoms with Gasteiger partial charge in [-0.25, -0.2) is 8.42 Å². The quantitative estimate of drug-likeness (QED) is 0.806. The third kappa shape index (κ3) is 1.89. The van der Waals surface area contributed by atoms with Crippen LogP contribution in [-0.2, 0) is 10.0 Å². The lowest BCUT2D eigenvalue weighted by Gasteiger charge is -2.46. The molecule has 0 radical (unpaired) electrons. The summed E-state index contributed by atoms with van der Waals surface area (Å²) in [6.45, 7) is 3.39. The molecule has 1 aromatic carbocycles. The van der Waals surface area contributed by atoms with Crippen molar-refractivity contribution in [2.24, 2.45) is 11.8 Å². The third-order valence-electron chi connectivity index (χ3n) is 3.92. The van der Waals surface area contributed by atoms with Gasteiger partial charge in [0.05, 0.1) is 4.90 Å². The third-order valence-corrected chi connectivity index (χ3v) is 5.76. The predicted octanol–water partition coefficient (Wildman–Crippen LogP) is 2.03. The van der Waals surface area contributed by atoms with E-state index in [9.17, 15) is 8.42 Å². The van der Waals surface area contributed by atoms with Crippen molar-refractivity contribution in [3.05, 3.63) is 29.8 Å². The molecule has 3 aliphatic rings. The first-order valence-electron chi connectivity index (χ1n) is 6.12. The molecule has 0 unspecified atom stereocenters. The van der Waals surface area contributed by atoms with Gasteiger partial charge in [-0.15, -0.1) is 0 Å². The zero-order valence-electron chi connectivity index (χ0n) is 9.96. The number of piperidine rings is 2. The second kappa shape index (κ2) is 3.82. The van der Waals surface area contributed by atoms with E-state index in [1.54, 1.807) is 16.4 Å². The average molecular weight is 251 g/mol. The van der Waals surface area contributed by atoms with Crippen LogP contribution in [0.5, 0.6) is 0 Å². The monoisotopic (exact) mass is 251 g/mol. The molecule has 92 valence electrons. The maximum absolute atomic E-state index is 12.4. The summed E-state index contributed by atoms with van der Waals surface area (Å²) >= 11 is 0. The Bertz CT molecular complexity index is 505.